The highest BCUT2D eigenvalue weighted by molar-refractivity contribution is 7.76. The molecule has 0 aromatic heterocycles. The Bertz CT molecular complexity index is 480. The van der Waals surface area contributed by atoms with Gasteiger partial charge < -0.3 is 3.87 Å². The molecule has 2 rings (SSSR count). The molecule has 2 aromatic carbocycles. The normalized spacial score (nSPS) is 12.4. The molecule has 0 N–H and O–H groups in total. The van der Waals surface area contributed by atoms with Crippen molar-refractivity contribution in [3.05, 3.63) is 60.7 Å². The molecule has 0 spiro atoms. The minimum atomic E-state index is -2.36. The van der Waals surface area contributed by atoms with Gasteiger partial charge in [0.25, 0.3) is 8.32 Å². The lowest BCUT2D eigenvalue weighted by Gasteiger charge is -2.40. The van der Waals surface area contributed by atoms with E-state index in [9.17, 15) is 0 Å². The predicted octanol–water partition coefficient (Wildman–Crippen LogP) is 3.41. The Kier molecular flexibility index (Phi) is 4.18. The van der Waals surface area contributed by atoms with E-state index in [4.69, 9.17) is 3.87 Å². The van der Waals surface area contributed by atoms with Gasteiger partial charge in [0, 0.05) is 0 Å². The molecule has 0 radical (unpaired) electrons. The average molecular weight is 288 g/mol. The summed E-state index contributed by atoms with van der Waals surface area (Å²) in [6, 6.07) is 21.0. The quantitative estimate of drug-likeness (QED) is 0.517. The van der Waals surface area contributed by atoms with Crippen LogP contribution in [0.25, 0.3) is 0 Å². The molecule has 0 saturated heterocycles. The van der Waals surface area contributed by atoms with E-state index in [1.54, 1.807) is 0 Å². The zero-order valence-corrected chi connectivity index (χ0v) is 13.5. The molecule has 0 amide bonds. The van der Waals surface area contributed by atoms with Crippen LogP contribution in [0.3, 0.4) is 0 Å². The summed E-state index contributed by atoms with van der Waals surface area (Å²) in [6.45, 7) is 6.69. The molecule has 1 nitrogen and oxygen atoms in total. The minimum Gasteiger partial charge on any atom is -0.347 e. The van der Waals surface area contributed by atoms with Crippen molar-refractivity contribution in [3.63, 3.8) is 0 Å². The van der Waals surface area contributed by atoms with Crippen LogP contribution >= 0.6 is 12.9 Å². The minimum absolute atomic E-state index is 0.0114. The Morgan fingerprint density at radius 2 is 1.16 bits per heavy atom. The summed E-state index contributed by atoms with van der Waals surface area (Å²) in [5.41, 5.74) is 0. The zero-order valence-electron chi connectivity index (χ0n) is 11.6. The first-order chi connectivity index (χ1) is 9.02. The van der Waals surface area contributed by atoms with Crippen molar-refractivity contribution in [2.24, 2.45) is 0 Å². The van der Waals surface area contributed by atoms with E-state index >= 15 is 0 Å². The maximum absolute atomic E-state index is 5.91. The van der Waals surface area contributed by atoms with Crippen LogP contribution in [0.15, 0.2) is 60.7 Å². The molecule has 2 aromatic rings. The Hall–Kier alpha value is -1.03. The van der Waals surface area contributed by atoms with Crippen LogP contribution in [0, 0.1) is 0 Å². The fourth-order valence-electron chi connectivity index (χ4n) is 2.62. The van der Waals surface area contributed by atoms with Gasteiger partial charge in [-0.3, -0.25) is 0 Å². The summed E-state index contributed by atoms with van der Waals surface area (Å²) in [4.78, 5) is 0. The van der Waals surface area contributed by atoms with Gasteiger partial charge in [-0.1, -0.05) is 81.4 Å². The van der Waals surface area contributed by atoms with Crippen molar-refractivity contribution in [3.8, 4) is 0 Å². The summed E-state index contributed by atoms with van der Waals surface area (Å²) < 4.78 is 5.91. The lowest BCUT2D eigenvalue weighted by Crippen LogP contribution is -2.65. The van der Waals surface area contributed by atoms with Crippen LogP contribution in [0.1, 0.15) is 20.8 Å². The third-order valence-electron chi connectivity index (χ3n) is 3.55. The summed E-state index contributed by atoms with van der Waals surface area (Å²) >= 11 is 4.28. The summed E-state index contributed by atoms with van der Waals surface area (Å²) in [7, 11) is -2.36. The molecule has 19 heavy (non-hydrogen) atoms. The summed E-state index contributed by atoms with van der Waals surface area (Å²) in [5.74, 6) is 0. The van der Waals surface area contributed by atoms with Crippen LogP contribution in [0.5, 0.6) is 0 Å². The van der Waals surface area contributed by atoms with Gasteiger partial charge in [-0.15, -0.1) is 0 Å². The molecule has 0 heterocycles. The van der Waals surface area contributed by atoms with Crippen molar-refractivity contribution >= 4 is 31.6 Å². The van der Waals surface area contributed by atoms with E-state index in [0.29, 0.717) is 0 Å². The second-order valence-electron chi connectivity index (χ2n) is 5.75. The molecular formula is C16H20OSSi. The Balaban J connectivity index is 2.70. The maximum atomic E-state index is 5.91. The third kappa shape index (κ3) is 2.50. The van der Waals surface area contributed by atoms with Crippen LogP contribution in [-0.2, 0) is 3.87 Å². The van der Waals surface area contributed by atoms with Gasteiger partial charge >= 0.3 is 0 Å². The van der Waals surface area contributed by atoms with Crippen molar-refractivity contribution in [2.45, 2.75) is 25.8 Å². The van der Waals surface area contributed by atoms with Crippen LogP contribution in [0.4, 0.5) is 0 Å². The maximum Gasteiger partial charge on any atom is 0.277 e. The summed E-state index contributed by atoms with van der Waals surface area (Å²) in [5, 5.41) is 2.52. The molecule has 100 valence electrons. The van der Waals surface area contributed by atoms with Gasteiger partial charge in [-0.25, -0.2) is 0 Å². The van der Waals surface area contributed by atoms with E-state index in [1.807, 2.05) is 12.1 Å². The van der Waals surface area contributed by atoms with Crippen LogP contribution < -0.4 is 10.4 Å². The first-order valence-corrected chi connectivity index (χ1v) is 8.73. The van der Waals surface area contributed by atoms with Gasteiger partial charge in [0.2, 0.25) is 0 Å². The fraction of sp³-hybridized carbons (Fsp3) is 0.250. The first kappa shape index (κ1) is 14.4. The van der Waals surface area contributed by atoms with Gasteiger partial charge in [0.05, 0.1) is 0 Å². The Morgan fingerprint density at radius 1 is 0.789 bits per heavy atom. The Morgan fingerprint density at radius 3 is 1.42 bits per heavy atom. The highest BCUT2D eigenvalue weighted by Crippen LogP contribution is 2.37. The van der Waals surface area contributed by atoms with E-state index in [1.165, 1.54) is 10.4 Å². The van der Waals surface area contributed by atoms with Crippen molar-refractivity contribution in [2.75, 3.05) is 0 Å². The highest BCUT2D eigenvalue weighted by atomic mass is 32.1. The number of rotatable bonds is 3. The van der Waals surface area contributed by atoms with E-state index < -0.39 is 8.32 Å². The molecule has 0 fully saturated rings. The van der Waals surface area contributed by atoms with Gasteiger partial charge in [0.1, 0.15) is 0 Å². The number of benzene rings is 2. The molecule has 0 atom stereocenters. The number of thiol groups is 1. The van der Waals surface area contributed by atoms with Crippen molar-refractivity contribution < 1.29 is 3.87 Å². The van der Waals surface area contributed by atoms with Crippen LogP contribution in [-0.4, -0.2) is 8.32 Å². The monoisotopic (exact) mass is 288 g/mol. The zero-order chi connectivity index (χ0) is 13.9. The molecule has 0 bridgehead atoms. The lowest BCUT2D eigenvalue weighted by atomic mass is 10.2. The molecule has 3 heteroatoms. The lowest BCUT2D eigenvalue weighted by molar-refractivity contribution is 0.575. The van der Waals surface area contributed by atoms with Gasteiger partial charge in [-0.05, 0) is 28.3 Å². The Labute approximate surface area is 122 Å². The molecule has 0 aliphatic heterocycles. The standard InChI is InChI=1S/C16H20OSSi/c1-16(2,3)19(17-18,14-10-6-4-7-11-14)15-12-8-5-9-13-15/h4-13,18H,1-3H3. The summed E-state index contributed by atoms with van der Waals surface area (Å²) in [6.07, 6.45) is 0. The van der Waals surface area contributed by atoms with E-state index in [0.717, 1.165) is 0 Å². The van der Waals surface area contributed by atoms with Crippen molar-refractivity contribution in [1.82, 2.24) is 0 Å². The fourth-order valence-corrected chi connectivity index (χ4v) is 7.95. The number of hydrogen-bond acceptors (Lipinski definition) is 2. The topological polar surface area (TPSA) is 9.23 Å². The molecular weight excluding hydrogens is 268 g/mol. The van der Waals surface area contributed by atoms with Gasteiger partial charge in [-0.2, -0.15) is 0 Å². The smallest absolute Gasteiger partial charge is 0.277 e. The van der Waals surface area contributed by atoms with E-state index in [-0.39, 0.29) is 5.04 Å². The molecule has 0 unspecified atom stereocenters. The molecule has 0 saturated carbocycles. The van der Waals surface area contributed by atoms with Crippen LogP contribution in [0.2, 0.25) is 5.04 Å². The molecule has 0 aliphatic rings. The van der Waals surface area contributed by atoms with Gasteiger partial charge in [0.15, 0.2) is 0 Å². The second kappa shape index (κ2) is 5.53. The molecule has 0 aliphatic carbocycles. The van der Waals surface area contributed by atoms with Crippen molar-refractivity contribution in [1.29, 1.82) is 0 Å². The predicted molar refractivity (Wildman–Crippen MR) is 87.7 cm³/mol. The number of hydrogen-bond donors (Lipinski definition) is 1. The second-order valence-corrected chi connectivity index (χ2v) is 10.5. The highest BCUT2D eigenvalue weighted by Gasteiger charge is 2.50. The first-order valence-electron chi connectivity index (χ1n) is 6.46. The third-order valence-corrected chi connectivity index (χ3v) is 9.05. The van der Waals surface area contributed by atoms with E-state index in [2.05, 4.69) is 82.2 Å². The largest absolute Gasteiger partial charge is 0.347 e. The average Bonchev–Trinajstić information content (AvgIpc) is 2.41. The SMILES string of the molecule is CC(C)(C)[Si](OS)(c1ccccc1)c1ccccc1.